The van der Waals surface area contributed by atoms with Gasteiger partial charge >= 0.3 is 0 Å². The lowest BCUT2D eigenvalue weighted by Gasteiger charge is -2.34. The highest BCUT2D eigenvalue weighted by molar-refractivity contribution is 5.78. The van der Waals surface area contributed by atoms with E-state index in [1.165, 1.54) is 0 Å². The lowest BCUT2D eigenvalue weighted by atomic mass is 10.0. The van der Waals surface area contributed by atoms with Crippen LogP contribution in [0.25, 0.3) is 5.70 Å². The molecular formula is C13H15N3O. The van der Waals surface area contributed by atoms with E-state index in [2.05, 4.69) is 9.98 Å². The largest absolute Gasteiger partial charge is 0.358 e. The minimum atomic E-state index is -0.514. The van der Waals surface area contributed by atoms with E-state index in [0.29, 0.717) is 6.54 Å². The quantitative estimate of drug-likeness (QED) is 0.742. The molecule has 0 spiro atoms. The van der Waals surface area contributed by atoms with Gasteiger partial charge in [0.25, 0.3) is 0 Å². The molecule has 0 atom stereocenters. The summed E-state index contributed by atoms with van der Waals surface area (Å²) in [6, 6.07) is 3.82. The molecule has 1 aliphatic heterocycles. The number of carbonyl (C=O) groups excluding carboxylic acids is 1. The van der Waals surface area contributed by atoms with Gasteiger partial charge in [0, 0.05) is 30.4 Å². The molecule has 0 radical (unpaired) electrons. The van der Waals surface area contributed by atoms with Crippen molar-refractivity contribution in [2.24, 2.45) is 4.99 Å². The van der Waals surface area contributed by atoms with E-state index in [4.69, 9.17) is 0 Å². The molecule has 0 saturated carbocycles. The van der Waals surface area contributed by atoms with Gasteiger partial charge in [0.2, 0.25) is 0 Å². The zero-order valence-corrected chi connectivity index (χ0v) is 10.00. The van der Waals surface area contributed by atoms with Crippen molar-refractivity contribution in [3.63, 3.8) is 0 Å². The van der Waals surface area contributed by atoms with E-state index in [1.54, 1.807) is 12.4 Å². The molecular weight excluding hydrogens is 214 g/mol. The molecule has 0 saturated heterocycles. The molecule has 0 unspecified atom stereocenters. The molecule has 0 amide bonds. The zero-order chi connectivity index (χ0) is 12.3. The Hall–Kier alpha value is -1.97. The van der Waals surface area contributed by atoms with Crippen LogP contribution in [0.2, 0.25) is 0 Å². The molecule has 2 heterocycles. The lowest BCUT2D eigenvalue weighted by molar-refractivity contribution is -0.115. The number of rotatable bonds is 3. The van der Waals surface area contributed by atoms with Gasteiger partial charge in [-0.3, -0.25) is 9.98 Å². The minimum Gasteiger partial charge on any atom is -0.358 e. The van der Waals surface area contributed by atoms with Crippen LogP contribution in [0.3, 0.4) is 0 Å². The summed E-state index contributed by atoms with van der Waals surface area (Å²) in [4.78, 5) is 21.4. The standard InChI is InChI=1S/C13H15N3O/c1-13(2,10-17)16-7-6-15-12(9-16)11-4-3-5-14-8-11/h3-6,8-10H,7H2,1-2H3. The average Bonchev–Trinajstić information content (AvgIpc) is 2.40. The summed E-state index contributed by atoms with van der Waals surface area (Å²) >= 11 is 0. The minimum absolute atomic E-state index is 0.514. The van der Waals surface area contributed by atoms with Gasteiger partial charge in [-0.1, -0.05) is 0 Å². The van der Waals surface area contributed by atoms with Gasteiger partial charge in [-0.15, -0.1) is 0 Å². The monoisotopic (exact) mass is 229 g/mol. The highest BCUT2D eigenvalue weighted by atomic mass is 16.1. The fraction of sp³-hybridized carbons (Fsp3) is 0.308. The van der Waals surface area contributed by atoms with Crippen LogP contribution in [0.15, 0.2) is 35.7 Å². The maximum Gasteiger partial charge on any atom is 0.144 e. The fourth-order valence-corrected chi connectivity index (χ4v) is 1.59. The van der Waals surface area contributed by atoms with Crippen LogP contribution in [0.1, 0.15) is 19.4 Å². The van der Waals surface area contributed by atoms with Gasteiger partial charge in [0.1, 0.15) is 6.29 Å². The molecule has 0 aliphatic carbocycles. The first-order valence-electron chi connectivity index (χ1n) is 5.51. The Bertz CT molecular complexity index is 463. The van der Waals surface area contributed by atoms with Crippen LogP contribution in [0.4, 0.5) is 0 Å². The molecule has 0 fully saturated rings. The molecule has 17 heavy (non-hydrogen) atoms. The molecule has 4 heteroatoms. The maximum absolute atomic E-state index is 11.0. The van der Waals surface area contributed by atoms with Gasteiger partial charge in [-0.25, -0.2) is 0 Å². The first-order chi connectivity index (χ1) is 8.13. The van der Waals surface area contributed by atoms with Crippen LogP contribution >= 0.6 is 0 Å². The van der Waals surface area contributed by atoms with Crippen molar-refractivity contribution in [1.82, 2.24) is 9.88 Å². The van der Waals surface area contributed by atoms with E-state index in [-0.39, 0.29) is 0 Å². The van der Waals surface area contributed by atoms with Crippen molar-refractivity contribution in [1.29, 1.82) is 0 Å². The van der Waals surface area contributed by atoms with Gasteiger partial charge in [0.05, 0.1) is 17.8 Å². The first-order valence-corrected chi connectivity index (χ1v) is 5.51. The predicted octanol–water partition coefficient (Wildman–Crippen LogP) is 1.74. The number of pyridine rings is 1. The van der Waals surface area contributed by atoms with Crippen LogP contribution in [0.5, 0.6) is 0 Å². The third kappa shape index (κ3) is 2.41. The molecule has 0 bridgehead atoms. The number of hydrogen-bond donors (Lipinski definition) is 0. The van der Waals surface area contributed by atoms with Crippen molar-refractivity contribution < 1.29 is 4.79 Å². The van der Waals surface area contributed by atoms with Crippen LogP contribution in [0, 0.1) is 0 Å². The van der Waals surface area contributed by atoms with Crippen molar-refractivity contribution in [3.8, 4) is 0 Å². The Morgan fingerprint density at radius 1 is 1.47 bits per heavy atom. The van der Waals surface area contributed by atoms with Crippen LogP contribution in [-0.4, -0.2) is 34.5 Å². The Kier molecular flexibility index (Phi) is 3.04. The average molecular weight is 229 g/mol. The van der Waals surface area contributed by atoms with Gasteiger partial charge in [0.15, 0.2) is 0 Å². The molecule has 4 nitrogen and oxygen atoms in total. The fourth-order valence-electron chi connectivity index (χ4n) is 1.59. The second-order valence-electron chi connectivity index (χ2n) is 4.49. The topological polar surface area (TPSA) is 45.6 Å². The summed E-state index contributed by atoms with van der Waals surface area (Å²) in [5.41, 5.74) is 1.27. The maximum atomic E-state index is 11.0. The van der Waals surface area contributed by atoms with Gasteiger partial charge in [-0.2, -0.15) is 0 Å². The molecule has 0 N–H and O–H groups in total. The molecule has 0 aromatic carbocycles. The normalized spacial score (nSPS) is 15.6. The summed E-state index contributed by atoms with van der Waals surface area (Å²) in [6.45, 7) is 4.42. The third-order valence-electron chi connectivity index (χ3n) is 2.77. The predicted molar refractivity (Wildman–Crippen MR) is 67.6 cm³/mol. The van der Waals surface area contributed by atoms with E-state index in [1.807, 2.05) is 43.3 Å². The van der Waals surface area contributed by atoms with Crippen molar-refractivity contribution in [2.45, 2.75) is 19.4 Å². The Morgan fingerprint density at radius 3 is 2.94 bits per heavy atom. The van der Waals surface area contributed by atoms with Gasteiger partial charge < -0.3 is 9.69 Å². The SMILES string of the molecule is CC(C)(C=O)N1C=C(c2cccnc2)N=CC1. The Labute approximate surface area is 101 Å². The Balaban J connectivity index is 2.30. The number of aldehydes is 1. The zero-order valence-electron chi connectivity index (χ0n) is 10.00. The summed E-state index contributed by atoms with van der Waals surface area (Å²) < 4.78 is 0. The molecule has 1 aromatic heterocycles. The summed E-state index contributed by atoms with van der Waals surface area (Å²) in [7, 11) is 0. The van der Waals surface area contributed by atoms with E-state index >= 15 is 0 Å². The number of nitrogens with zero attached hydrogens (tertiary/aromatic N) is 3. The summed E-state index contributed by atoms with van der Waals surface area (Å²) in [5.74, 6) is 0. The number of hydrogen-bond acceptors (Lipinski definition) is 4. The molecule has 88 valence electrons. The van der Waals surface area contributed by atoms with Crippen molar-refractivity contribution in [3.05, 3.63) is 36.3 Å². The van der Waals surface area contributed by atoms with Crippen molar-refractivity contribution in [2.75, 3.05) is 6.54 Å². The van der Waals surface area contributed by atoms with E-state index in [0.717, 1.165) is 17.5 Å². The Morgan fingerprint density at radius 2 is 2.29 bits per heavy atom. The van der Waals surface area contributed by atoms with E-state index < -0.39 is 5.54 Å². The highest BCUT2D eigenvalue weighted by Gasteiger charge is 2.25. The van der Waals surface area contributed by atoms with Crippen LogP contribution < -0.4 is 0 Å². The number of aliphatic imine (C=N–C) groups is 1. The van der Waals surface area contributed by atoms with E-state index in [9.17, 15) is 4.79 Å². The molecule has 1 aliphatic rings. The smallest absolute Gasteiger partial charge is 0.144 e. The van der Waals surface area contributed by atoms with Crippen molar-refractivity contribution >= 4 is 18.2 Å². The number of carbonyl (C=O) groups is 1. The second-order valence-corrected chi connectivity index (χ2v) is 4.49. The molecule has 2 rings (SSSR count). The summed E-state index contributed by atoms with van der Waals surface area (Å²) in [5, 5.41) is 0. The first kappa shape index (κ1) is 11.5. The van der Waals surface area contributed by atoms with Gasteiger partial charge in [-0.05, 0) is 26.0 Å². The summed E-state index contributed by atoms with van der Waals surface area (Å²) in [6.07, 6.45) is 8.16. The third-order valence-corrected chi connectivity index (χ3v) is 2.77. The van der Waals surface area contributed by atoms with Crippen LogP contribution in [-0.2, 0) is 4.79 Å². The number of aromatic nitrogens is 1. The lowest BCUT2D eigenvalue weighted by Crippen LogP contribution is -2.43. The highest BCUT2D eigenvalue weighted by Crippen LogP contribution is 2.22. The molecule has 1 aromatic rings. The second kappa shape index (κ2) is 4.49.